The van der Waals surface area contributed by atoms with Crippen LogP contribution in [-0.2, 0) is 0 Å². The van der Waals surface area contributed by atoms with Crippen molar-refractivity contribution in [1.82, 2.24) is 9.55 Å². The molecule has 2 aromatic heterocycles. The second-order valence-corrected chi connectivity index (χ2v) is 6.16. The molecule has 0 saturated heterocycles. The maximum absolute atomic E-state index is 12.9. The molecule has 1 N–H and O–H groups in total. The quantitative estimate of drug-likeness (QED) is 0.561. The molecule has 0 aliphatic heterocycles. The predicted molar refractivity (Wildman–Crippen MR) is 107 cm³/mol. The molecule has 0 unspecified atom stereocenters. The van der Waals surface area contributed by atoms with Crippen LogP contribution in [0.5, 0.6) is 5.88 Å². The second-order valence-electron chi connectivity index (χ2n) is 6.16. The van der Waals surface area contributed by atoms with Gasteiger partial charge in [0.15, 0.2) is 0 Å². The minimum absolute atomic E-state index is 0.185. The summed E-state index contributed by atoms with van der Waals surface area (Å²) >= 11 is 0. The van der Waals surface area contributed by atoms with Crippen molar-refractivity contribution in [3.05, 3.63) is 94.4 Å². The number of aliphatic imine (C=N–C) groups is 1. The highest BCUT2D eigenvalue weighted by Crippen LogP contribution is 2.26. The van der Waals surface area contributed by atoms with Gasteiger partial charge in [0.2, 0.25) is 5.88 Å². The zero-order valence-electron chi connectivity index (χ0n) is 14.7. The number of fused-ring (bicyclic) bond motifs is 1. The van der Waals surface area contributed by atoms with Gasteiger partial charge in [-0.25, -0.2) is 9.55 Å². The molecule has 5 heteroatoms. The van der Waals surface area contributed by atoms with Gasteiger partial charge in [0.25, 0.3) is 5.56 Å². The van der Waals surface area contributed by atoms with Gasteiger partial charge in [-0.3, -0.25) is 9.79 Å². The van der Waals surface area contributed by atoms with E-state index < -0.39 is 0 Å². The summed E-state index contributed by atoms with van der Waals surface area (Å²) in [6.45, 7) is 1.97. The summed E-state index contributed by atoms with van der Waals surface area (Å²) < 4.78 is 1.21. The van der Waals surface area contributed by atoms with E-state index in [2.05, 4.69) is 9.98 Å². The van der Waals surface area contributed by atoms with Crippen molar-refractivity contribution in [3.63, 3.8) is 0 Å². The summed E-state index contributed by atoms with van der Waals surface area (Å²) in [6.07, 6.45) is 3.18. The van der Waals surface area contributed by atoms with E-state index in [1.165, 1.54) is 4.57 Å². The third-order valence-corrected chi connectivity index (χ3v) is 4.43. The number of hydrogen-bond acceptors (Lipinski definition) is 4. The highest BCUT2D eigenvalue weighted by Gasteiger charge is 2.16. The Bertz CT molecular complexity index is 1210. The summed E-state index contributed by atoms with van der Waals surface area (Å²) in [6, 6.07) is 20.1. The Balaban J connectivity index is 2.00. The van der Waals surface area contributed by atoms with Crippen molar-refractivity contribution in [2.75, 3.05) is 0 Å². The molecule has 0 amide bonds. The predicted octanol–water partition coefficient (Wildman–Crippen LogP) is 4.15. The molecule has 0 bridgehead atoms. The molecule has 0 spiro atoms. The molecule has 0 aliphatic carbocycles. The molecule has 4 rings (SSSR count). The number of para-hydroxylation sites is 1. The first kappa shape index (κ1) is 16.7. The summed E-state index contributed by atoms with van der Waals surface area (Å²) in [5, 5.41) is 12.0. The fraction of sp³-hybridized carbons (Fsp3) is 0.0455. The van der Waals surface area contributed by atoms with E-state index in [0.717, 1.165) is 11.3 Å². The molecule has 0 radical (unpaired) electrons. The van der Waals surface area contributed by atoms with E-state index in [0.29, 0.717) is 22.2 Å². The lowest BCUT2D eigenvalue weighted by Crippen LogP contribution is -2.20. The minimum Gasteiger partial charge on any atom is -0.494 e. The van der Waals surface area contributed by atoms with Crippen molar-refractivity contribution in [2.24, 2.45) is 4.99 Å². The van der Waals surface area contributed by atoms with Crippen LogP contribution in [-0.4, -0.2) is 20.9 Å². The maximum Gasteiger partial charge on any atom is 0.267 e. The summed E-state index contributed by atoms with van der Waals surface area (Å²) in [5.74, 6) is 0.172. The summed E-state index contributed by atoms with van der Waals surface area (Å²) in [4.78, 5) is 21.7. The van der Waals surface area contributed by atoms with Gasteiger partial charge in [0.05, 0.1) is 11.3 Å². The molecule has 0 fully saturated rings. The topological polar surface area (TPSA) is 67.5 Å². The Kier molecular flexibility index (Phi) is 4.26. The van der Waals surface area contributed by atoms with E-state index in [1.807, 2.05) is 37.3 Å². The molecular formula is C22H17N3O2. The van der Waals surface area contributed by atoms with Gasteiger partial charge >= 0.3 is 0 Å². The normalized spacial score (nSPS) is 11.3. The molecule has 5 nitrogen and oxygen atoms in total. The van der Waals surface area contributed by atoms with E-state index in [-0.39, 0.29) is 11.4 Å². The average Bonchev–Trinajstić information content (AvgIpc) is 2.70. The summed E-state index contributed by atoms with van der Waals surface area (Å²) in [5.41, 5.74) is 1.97. The number of aromatic nitrogens is 2. The summed E-state index contributed by atoms with van der Waals surface area (Å²) in [7, 11) is 0. The van der Waals surface area contributed by atoms with Crippen molar-refractivity contribution in [1.29, 1.82) is 0 Å². The SMILES string of the molecule is Cc1ccccc1N=Cc1c(O)n(-c2ccccn2)c(=O)c2ccccc12. The van der Waals surface area contributed by atoms with Crippen molar-refractivity contribution in [2.45, 2.75) is 6.92 Å². The number of aromatic hydroxyl groups is 1. The van der Waals surface area contributed by atoms with Crippen LogP contribution in [0.1, 0.15) is 11.1 Å². The number of nitrogens with zero attached hydrogens (tertiary/aromatic N) is 3. The molecule has 27 heavy (non-hydrogen) atoms. The Morgan fingerprint density at radius 3 is 2.41 bits per heavy atom. The van der Waals surface area contributed by atoms with Crippen molar-refractivity contribution in [3.8, 4) is 11.7 Å². The van der Waals surface area contributed by atoms with Crippen LogP contribution in [0.4, 0.5) is 5.69 Å². The van der Waals surface area contributed by atoms with Crippen LogP contribution in [0.15, 0.2) is 82.7 Å². The highest BCUT2D eigenvalue weighted by atomic mass is 16.3. The first-order valence-corrected chi connectivity index (χ1v) is 8.54. The second kappa shape index (κ2) is 6.88. The molecule has 4 aromatic rings. The molecule has 132 valence electrons. The Hall–Kier alpha value is -3.73. The number of rotatable bonds is 3. The first-order chi connectivity index (χ1) is 13.2. The lowest BCUT2D eigenvalue weighted by molar-refractivity contribution is 0.435. The molecule has 0 atom stereocenters. The fourth-order valence-corrected chi connectivity index (χ4v) is 3.03. The van der Waals surface area contributed by atoms with Gasteiger partial charge in [0.1, 0.15) is 5.82 Å². The van der Waals surface area contributed by atoms with Gasteiger partial charge < -0.3 is 5.11 Å². The largest absolute Gasteiger partial charge is 0.494 e. The fourth-order valence-electron chi connectivity index (χ4n) is 3.03. The standard InChI is InChI=1S/C22H17N3O2/c1-15-8-2-5-11-19(15)24-14-18-16-9-3-4-10-17(16)21(26)25(22(18)27)20-12-6-7-13-23-20/h2-14,27H,1H3. The third-order valence-electron chi connectivity index (χ3n) is 4.43. The smallest absolute Gasteiger partial charge is 0.267 e. The minimum atomic E-state index is -0.324. The van der Waals surface area contributed by atoms with E-state index >= 15 is 0 Å². The Labute approximate surface area is 155 Å². The zero-order chi connectivity index (χ0) is 18.8. The van der Waals surface area contributed by atoms with Gasteiger partial charge in [-0.1, -0.05) is 42.5 Å². The van der Waals surface area contributed by atoms with Crippen LogP contribution in [0.25, 0.3) is 16.6 Å². The molecule has 0 aliphatic rings. The lowest BCUT2D eigenvalue weighted by atomic mass is 10.1. The Morgan fingerprint density at radius 1 is 0.963 bits per heavy atom. The van der Waals surface area contributed by atoms with Gasteiger partial charge in [-0.05, 0) is 36.8 Å². The Morgan fingerprint density at radius 2 is 1.67 bits per heavy atom. The van der Waals surface area contributed by atoms with Gasteiger partial charge in [0, 0.05) is 23.2 Å². The molecular weight excluding hydrogens is 338 g/mol. The molecule has 2 heterocycles. The monoisotopic (exact) mass is 355 g/mol. The number of aryl methyl sites for hydroxylation is 1. The maximum atomic E-state index is 12.9. The number of benzene rings is 2. The van der Waals surface area contributed by atoms with Crippen LogP contribution in [0, 0.1) is 6.92 Å². The lowest BCUT2D eigenvalue weighted by Gasteiger charge is -2.12. The first-order valence-electron chi connectivity index (χ1n) is 8.54. The number of hydrogen-bond donors (Lipinski definition) is 1. The number of pyridine rings is 2. The molecule has 2 aromatic carbocycles. The van der Waals surface area contributed by atoms with Gasteiger partial charge in [-0.15, -0.1) is 0 Å². The van der Waals surface area contributed by atoms with Crippen LogP contribution < -0.4 is 5.56 Å². The van der Waals surface area contributed by atoms with Crippen LogP contribution >= 0.6 is 0 Å². The van der Waals surface area contributed by atoms with Crippen molar-refractivity contribution >= 4 is 22.7 Å². The van der Waals surface area contributed by atoms with E-state index in [4.69, 9.17) is 0 Å². The van der Waals surface area contributed by atoms with E-state index in [9.17, 15) is 9.90 Å². The zero-order valence-corrected chi connectivity index (χ0v) is 14.7. The molecule has 0 saturated carbocycles. The third kappa shape index (κ3) is 3.00. The van der Waals surface area contributed by atoms with E-state index in [1.54, 1.807) is 48.8 Å². The average molecular weight is 355 g/mol. The van der Waals surface area contributed by atoms with Gasteiger partial charge in [-0.2, -0.15) is 0 Å². The van der Waals surface area contributed by atoms with Crippen LogP contribution in [0.2, 0.25) is 0 Å². The van der Waals surface area contributed by atoms with Crippen molar-refractivity contribution < 1.29 is 5.11 Å². The van der Waals surface area contributed by atoms with Crippen LogP contribution in [0.3, 0.4) is 0 Å². The highest BCUT2D eigenvalue weighted by molar-refractivity contribution is 6.02.